The van der Waals surface area contributed by atoms with Gasteiger partial charge in [-0.1, -0.05) is 30.3 Å². The molecule has 5 nitrogen and oxygen atoms in total. The molecule has 1 atom stereocenters. The minimum Gasteiger partial charge on any atom is -0.394 e. The van der Waals surface area contributed by atoms with Gasteiger partial charge in [0, 0.05) is 0 Å². The third-order valence-corrected chi connectivity index (χ3v) is 2.54. The largest absolute Gasteiger partial charge is 0.394 e. The van der Waals surface area contributed by atoms with E-state index in [2.05, 4.69) is 4.18 Å². The van der Waals surface area contributed by atoms with Gasteiger partial charge in [0.25, 0.3) is 10.1 Å². The molecule has 6 heteroatoms. The molecule has 18 heavy (non-hydrogen) atoms. The van der Waals surface area contributed by atoms with Crippen molar-refractivity contribution in [3.05, 3.63) is 35.9 Å². The Labute approximate surface area is 108 Å². The zero-order valence-electron chi connectivity index (χ0n) is 10.9. The van der Waals surface area contributed by atoms with E-state index in [0.717, 1.165) is 18.9 Å². The first-order valence-electron chi connectivity index (χ1n) is 5.41. The molecule has 0 aromatic heterocycles. The van der Waals surface area contributed by atoms with Crippen molar-refractivity contribution in [1.82, 2.24) is 0 Å². The van der Waals surface area contributed by atoms with E-state index >= 15 is 0 Å². The van der Waals surface area contributed by atoms with E-state index in [1.165, 1.54) is 0 Å². The summed E-state index contributed by atoms with van der Waals surface area (Å²) in [5.74, 6) is 0. The Morgan fingerprint density at radius 2 is 1.78 bits per heavy atom. The summed E-state index contributed by atoms with van der Waals surface area (Å²) in [6.45, 7) is 2.50. The monoisotopic (exact) mass is 276 g/mol. The molecular formula is C12H20O5S. The smallest absolute Gasteiger partial charge is 0.264 e. The lowest BCUT2D eigenvalue weighted by molar-refractivity contribution is 0.0145. The van der Waals surface area contributed by atoms with Crippen LogP contribution in [-0.4, -0.2) is 39.6 Å². The third-order valence-electron chi connectivity index (χ3n) is 1.94. The predicted molar refractivity (Wildman–Crippen MR) is 69.6 cm³/mol. The fraction of sp³-hybridized carbons (Fsp3) is 0.500. The zero-order chi connectivity index (χ0) is 14.0. The number of hydrogen-bond acceptors (Lipinski definition) is 5. The summed E-state index contributed by atoms with van der Waals surface area (Å²) in [5, 5.41) is 8.69. The fourth-order valence-electron chi connectivity index (χ4n) is 0.865. The van der Waals surface area contributed by atoms with Crippen LogP contribution in [0.25, 0.3) is 0 Å². The van der Waals surface area contributed by atoms with Crippen LogP contribution in [0.4, 0.5) is 0 Å². The molecular weight excluding hydrogens is 256 g/mol. The minimum absolute atomic E-state index is 0.0762. The highest BCUT2D eigenvalue weighted by Gasteiger charge is 1.98. The summed E-state index contributed by atoms with van der Waals surface area (Å²) in [7, 11) is -2.04. The maximum absolute atomic E-state index is 9.78. The van der Waals surface area contributed by atoms with Crippen LogP contribution in [0, 0.1) is 0 Å². The Balaban J connectivity index is 0.000000411. The molecule has 0 aliphatic carbocycles. The van der Waals surface area contributed by atoms with Gasteiger partial charge in [-0.3, -0.25) is 4.18 Å². The van der Waals surface area contributed by atoms with Gasteiger partial charge in [0.2, 0.25) is 0 Å². The van der Waals surface area contributed by atoms with Gasteiger partial charge in [0.15, 0.2) is 0 Å². The Bertz CT molecular complexity index is 402. The first-order valence-corrected chi connectivity index (χ1v) is 7.22. The molecule has 0 aliphatic heterocycles. The van der Waals surface area contributed by atoms with Gasteiger partial charge in [0.05, 0.1) is 32.7 Å². The van der Waals surface area contributed by atoms with E-state index < -0.39 is 10.1 Å². The number of benzene rings is 1. The molecule has 1 aromatic carbocycles. The second-order valence-electron chi connectivity index (χ2n) is 3.66. The second kappa shape index (κ2) is 9.04. The third kappa shape index (κ3) is 10.2. The number of hydrogen-bond donors (Lipinski definition) is 1. The maximum atomic E-state index is 9.78. The molecule has 1 aromatic rings. The SMILES string of the molecule is CC(CO)OCc1ccccc1.COS(C)(=O)=O. The van der Waals surface area contributed by atoms with Gasteiger partial charge in [-0.15, -0.1) is 0 Å². The van der Waals surface area contributed by atoms with Crippen molar-refractivity contribution in [1.29, 1.82) is 0 Å². The average Bonchev–Trinajstić information content (AvgIpc) is 2.37. The second-order valence-corrected chi connectivity index (χ2v) is 5.40. The summed E-state index contributed by atoms with van der Waals surface area (Å²) in [6, 6.07) is 9.93. The lowest BCUT2D eigenvalue weighted by Crippen LogP contribution is -2.12. The van der Waals surface area contributed by atoms with Crippen molar-refractivity contribution in [2.45, 2.75) is 19.6 Å². The van der Waals surface area contributed by atoms with Crippen LogP contribution >= 0.6 is 0 Å². The number of aliphatic hydroxyl groups excluding tert-OH is 1. The van der Waals surface area contributed by atoms with E-state index in [-0.39, 0.29) is 12.7 Å². The van der Waals surface area contributed by atoms with E-state index in [1.807, 2.05) is 37.3 Å². The van der Waals surface area contributed by atoms with E-state index in [1.54, 1.807) is 0 Å². The lowest BCUT2D eigenvalue weighted by Gasteiger charge is -2.09. The molecule has 0 amide bonds. The highest BCUT2D eigenvalue weighted by Crippen LogP contribution is 2.02. The molecule has 0 bridgehead atoms. The molecule has 0 saturated heterocycles. The van der Waals surface area contributed by atoms with Crippen molar-refractivity contribution in [3.63, 3.8) is 0 Å². The zero-order valence-corrected chi connectivity index (χ0v) is 11.7. The minimum atomic E-state index is -3.16. The first kappa shape index (κ1) is 17.1. The molecule has 0 spiro atoms. The molecule has 0 fully saturated rings. The van der Waals surface area contributed by atoms with Crippen LogP contribution in [0.3, 0.4) is 0 Å². The van der Waals surface area contributed by atoms with Gasteiger partial charge in [0.1, 0.15) is 0 Å². The van der Waals surface area contributed by atoms with E-state index in [9.17, 15) is 8.42 Å². The van der Waals surface area contributed by atoms with Crippen molar-refractivity contribution in [2.24, 2.45) is 0 Å². The summed E-state index contributed by atoms with van der Waals surface area (Å²) in [5.41, 5.74) is 1.14. The quantitative estimate of drug-likeness (QED) is 0.817. The molecule has 1 N–H and O–H groups in total. The summed E-state index contributed by atoms with van der Waals surface area (Å²) in [4.78, 5) is 0. The molecule has 0 heterocycles. The van der Waals surface area contributed by atoms with Gasteiger partial charge in [-0.25, -0.2) is 0 Å². The van der Waals surface area contributed by atoms with Crippen molar-refractivity contribution in [2.75, 3.05) is 20.0 Å². The number of rotatable bonds is 5. The predicted octanol–water partition coefficient (Wildman–Crippen LogP) is 1.18. The van der Waals surface area contributed by atoms with E-state index in [4.69, 9.17) is 9.84 Å². The van der Waals surface area contributed by atoms with E-state index in [0.29, 0.717) is 6.61 Å². The fourth-order valence-corrected chi connectivity index (χ4v) is 0.865. The highest BCUT2D eigenvalue weighted by molar-refractivity contribution is 7.85. The standard InChI is InChI=1S/C10H14O2.C2H6O3S/c1-9(7-11)12-8-10-5-3-2-4-6-10;1-5-6(2,3)4/h2-6,9,11H,7-8H2,1H3;1-2H3. The molecule has 1 rings (SSSR count). The molecule has 104 valence electrons. The van der Waals surface area contributed by atoms with Crippen LogP contribution in [0.1, 0.15) is 12.5 Å². The van der Waals surface area contributed by atoms with Gasteiger partial charge >= 0.3 is 0 Å². The van der Waals surface area contributed by atoms with Crippen LogP contribution in [-0.2, 0) is 25.6 Å². The molecule has 1 unspecified atom stereocenters. The summed E-state index contributed by atoms with van der Waals surface area (Å²) >= 11 is 0. The van der Waals surface area contributed by atoms with Crippen LogP contribution in [0.5, 0.6) is 0 Å². The van der Waals surface area contributed by atoms with Crippen molar-refractivity contribution in [3.8, 4) is 0 Å². The van der Waals surface area contributed by atoms with Crippen LogP contribution < -0.4 is 0 Å². The molecule has 0 saturated carbocycles. The van der Waals surface area contributed by atoms with Crippen LogP contribution in [0.15, 0.2) is 30.3 Å². The van der Waals surface area contributed by atoms with Crippen LogP contribution in [0.2, 0.25) is 0 Å². The summed E-state index contributed by atoms with van der Waals surface area (Å²) < 4.78 is 28.8. The van der Waals surface area contributed by atoms with Gasteiger partial charge in [-0.05, 0) is 12.5 Å². The van der Waals surface area contributed by atoms with Gasteiger partial charge < -0.3 is 9.84 Å². The molecule has 0 aliphatic rings. The normalized spacial score (nSPS) is 12.4. The topological polar surface area (TPSA) is 72.8 Å². The highest BCUT2D eigenvalue weighted by atomic mass is 32.2. The first-order chi connectivity index (χ1) is 8.39. The number of aliphatic hydroxyl groups is 1. The van der Waals surface area contributed by atoms with Gasteiger partial charge in [-0.2, -0.15) is 8.42 Å². The Morgan fingerprint density at radius 3 is 2.17 bits per heavy atom. The number of ether oxygens (including phenoxy) is 1. The summed E-state index contributed by atoms with van der Waals surface area (Å²) in [6.07, 6.45) is 0.915. The molecule has 0 radical (unpaired) electrons. The maximum Gasteiger partial charge on any atom is 0.264 e. The Kier molecular flexibility index (Phi) is 8.57. The van der Waals surface area contributed by atoms with Crippen molar-refractivity contribution < 1.29 is 22.4 Å². The lowest BCUT2D eigenvalue weighted by atomic mass is 10.2. The Morgan fingerprint density at radius 1 is 1.28 bits per heavy atom. The Hall–Kier alpha value is -0.950. The van der Waals surface area contributed by atoms with Crippen molar-refractivity contribution >= 4 is 10.1 Å². The average molecular weight is 276 g/mol.